The van der Waals surface area contributed by atoms with Crippen molar-refractivity contribution in [3.05, 3.63) is 41.5 Å². The van der Waals surface area contributed by atoms with Crippen LogP contribution < -0.4 is 4.74 Å². The molecule has 1 aliphatic heterocycles. The highest BCUT2D eigenvalue weighted by Gasteiger charge is 2.30. The van der Waals surface area contributed by atoms with Crippen LogP contribution in [-0.4, -0.2) is 17.9 Å². The molecule has 170 valence electrons. The fraction of sp³-hybridized carbons (Fsp3) is 0.577. The highest BCUT2D eigenvalue weighted by atomic mass is 16.6. The molecule has 1 aromatic rings. The van der Waals surface area contributed by atoms with E-state index in [1.165, 1.54) is 76.0 Å². The summed E-state index contributed by atoms with van der Waals surface area (Å²) in [5.74, 6) is -1.42. The third kappa shape index (κ3) is 9.50. The molecule has 0 N–H and O–H groups in total. The normalized spacial score (nSPS) is 12.9. The van der Waals surface area contributed by atoms with Gasteiger partial charge in [0.05, 0.1) is 11.1 Å². The van der Waals surface area contributed by atoms with Gasteiger partial charge in [0.15, 0.2) is 0 Å². The number of unbranched alkanes of at least 4 members (excludes halogenated alkanes) is 11. The first-order valence-corrected chi connectivity index (χ1v) is 11.9. The van der Waals surface area contributed by atoms with Gasteiger partial charge < -0.3 is 9.47 Å². The molecule has 1 heterocycles. The van der Waals surface area contributed by atoms with Crippen molar-refractivity contribution in [1.82, 2.24) is 0 Å². The molecular weight excluding hydrogens is 392 g/mol. The van der Waals surface area contributed by atoms with Gasteiger partial charge in [-0.25, -0.2) is 9.59 Å². The minimum atomic E-state index is -0.699. The second-order valence-corrected chi connectivity index (χ2v) is 8.19. The van der Waals surface area contributed by atoms with E-state index in [9.17, 15) is 14.4 Å². The van der Waals surface area contributed by atoms with Gasteiger partial charge in [-0.1, -0.05) is 70.4 Å². The van der Waals surface area contributed by atoms with Gasteiger partial charge in [0.25, 0.3) is 0 Å². The molecule has 0 saturated carbocycles. The molecule has 31 heavy (non-hydrogen) atoms. The Kier molecular flexibility index (Phi) is 11.7. The lowest BCUT2D eigenvalue weighted by atomic mass is 10.1. The monoisotopic (exact) mass is 428 g/mol. The Morgan fingerprint density at radius 2 is 1.39 bits per heavy atom. The lowest BCUT2D eigenvalue weighted by Crippen LogP contribution is -2.08. The largest absolute Gasteiger partial charge is 0.427 e. The first-order chi connectivity index (χ1) is 15.1. The van der Waals surface area contributed by atoms with E-state index in [1.807, 2.05) is 0 Å². The van der Waals surface area contributed by atoms with Crippen LogP contribution in [0.25, 0.3) is 0 Å². The number of carbonyl (C=O) groups excluding carboxylic acids is 3. The van der Waals surface area contributed by atoms with Gasteiger partial charge in [-0.3, -0.25) is 4.79 Å². The van der Waals surface area contributed by atoms with Gasteiger partial charge in [0.2, 0.25) is 0 Å². The Balaban J connectivity index is 1.45. The van der Waals surface area contributed by atoms with Crippen LogP contribution in [0, 0.1) is 0 Å². The zero-order valence-electron chi connectivity index (χ0n) is 18.8. The highest BCUT2D eigenvalue weighted by Crippen LogP contribution is 2.25. The van der Waals surface area contributed by atoms with E-state index in [2.05, 4.69) is 23.8 Å². The lowest BCUT2D eigenvalue weighted by molar-refractivity contribution is -0.134. The number of fused-ring (bicyclic) bond motifs is 1. The summed E-state index contributed by atoms with van der Waals surface area (Å²) >= 11 is 0. The van der Waals surface area contributed by atoms with Crippen molar-refractivity contribution in [2.24, 2.45) is 0 Å². The molecule has 0 fully saturated rings. The molecule has 0 atom stereocenters. The van der Waals surface area contributed by atoms with Gasteiger partial charge in [0.1, 0.15) is 5.75 Å². The molecule has 1 aromatic carbocycles. The third-order valence-corrected chi connectivity index (χ3v) is 5.49. The van der Waals surface area contributed by atoms with Crippen LogP contribution >= 0.6 is 0 Å². The zero-order valence-corrected chi connectivity index (χ0v) is 18.8. The quantitative estimate of drug-likeness (QED) is 0.0937. The maximum Gasteiger partial charge on any atom is 0.347 e. The number of ether oxygens (including phenoxy) is 2. The van der Waals surface area contributed by atoms with Crippen LogP contribution in [-0.2, 0) is 9.53 Å². The molecule has 0 amide bonds. The van der Waals surface area contributed by atoms with E-state index in [-0.39, 0.29) is 22.8 Å². The number of esters is 3. The third-order valence-electron chi connectivity index (χ3n) is 5.49. The van der Waals surface area contributed by atoms with E-state index in [1.54, 1.807) is 0 Å². The Hall–Kier alpha value is -2.43. The molecule has 0 aromatic heterocycles. The van der Waals surface area contributed by atoms with Crippen molar-refractivity contribution in [1.29, 1.82) is 0 Å². The van der Waals surface area contributed by atoms with Crippen molar-refractivity contribution in [2.75, 3.05) is 0 Å². The summed E-state index contributed by atoms with van der Waals surface area (Å²) in [6, 6.07) is 4.35. The minimum Gasteiger partial charge on any atom is -0.427 e. The molecule has 0 radical (unpaired) electrons. The maximum atomic E-state index is 12.0. The van der Waals surface area contributed by atoms with Crippen LogP contribution in [0.2, 0.25) is 0 Å². The number of carbonyl (C=O) groups is 3. The standard InChI is InChI=1S/C26H36O5/c1-2-3-4-5-6-7-8-9-10-11-12-13-14-15-16-17-24(27)30-21-18-19-22-23(20-21)26(29)31-25(22)28/h9-10,18-20H,2-8,11-17H2,1H3/b10-9-. The number of allylic oxidation sites excluding steroid dienone is 2. The maximum absolute atomic E-state index is 12.0. The molecule has 5 nitrogen and oxygen atoms in total. The minimum absolute atomic E-state index is 0.149. The molecule has 1 aliphatic rings. The van der Waals surface area contributed by atoms with Gasteiger partial charge in [-0.2, -0.15) is 0 Å². The lowest BCUT2D eigenvalue weighted by Gasteiger charge is -2.05. The number of rotatable bonds is 16. The second-order valence-electron chi connectivity index (χ2n) is 8.19. The molecular formula is C26H36O5. The molecule has 2 rings (SSSR count). The SMILES string of the molecule is CCCCCCCC/C=C\CCCCCCCC(=O)Oc1ccc2c(c1)C(=O)OC2=O. The van der Waals surface area contributed by atoms with Gasteiger partial charge >= 0.3 is 17.9 Å². The summed E-state index contributed by atoms with van der Waals surface area (Å²) in [7, 11) is 0. The van der Waals surface area contributed by atoms with Gasteiger partial charge in [-0.05, 0) is 50.3 Å². The first-order valence-electron chi connectivity index (χ1n) is 11.9. The van der Waals surface area contributed by atoms with Gasteiger partial charge in [0, 0.05) is 6.42 Å². The number of benzene rings is 1. The summed E-state index contributed by atoms with van der Waals surface area (Å²) in [5, 5.41) is 0. The summed E-state index contributed by atoms with van der Waals surface area (Å²) < 4.78 is 9.80. The fourth-order valence-corrected chi connectivity index (χ4v) is 3.65. The predicted octanol–water partition coefficient (Wildman–Crippen LogP) is 6.94. The summed E-state index contributed by atoms with van der Waals surface area (Å²) in [6.45, 7) is 2.25. The molecule has 0 saturated heterocycles. The summed E-state index contributed by atoms with van der Waals surface area (Å²) in [5.41, 5.74) is 0.360. The van der Waals surface area contributed by atoms with Crippen LogP contribution in [0.3, 0.4) is 0 Å². The molecule has 0 unspecified atom stereocenters. The average molecular weight is 429 g/mol. The van der Waals surface area contributed by atoms with Crippen LogP contribution in [0.4, 0.5) is 0 Å². The molecule has 0 spiro atoms. The summed E-state index contributed by atoms with van der Waals surface area (Å²) in [4.78, 5) is 35.0. The molecule has 5 heteroatoms. The van der Waals surface area contributed by atoms with Crippen LogP contribution in [0.1, 0.15) is 118 Å². The molecule has 0 aliphatic carbocycles. The van der Waals surface area contributed by atoms with E-state index in [0.717, 1.165) is 25.7 Å². The fourth-order valence-electron chi connectivity index (χ4n) is 3.65. The smallest absolute Gasteiger partial charge is 0.347 e. The predicted molar refractivity (Wildman–Crippen MR) is 121 cm³/mol. The van der Waals surface area contributed by atoms with E-state index < -0.39 is 11.9 Å². The Morgan fingerprint density at radius 1 is 0.806 bits per heavy atom. The highest BCUT2D eigenvalue weighted by molar-refractivity contribution is 6.14. The summed E-state index contributed by atoms with van der Waals surface area (Å²) in [6.07, 6.45) is 20.7. The number of cyclic esters (lactones) is 2. The second kappa shape index (κ2) is 14.6. The Labute approximate surface area is 186 Å². The van der Waals surface area contributed by atoms with Crippen molar-refractivity contribution in [3.8, 4) is 5.75 Å². The molecule has 0 bridgehead atoms. The Morgan fingerprint density at radius 3 is 2.06 bits per heavy atom. The van der Waals surface area contributed by atoms with E-state index >= 15 is 0 Å². The van der Waals surface area contributed by atoms with Crippen molar-refractivity contribution >= 4 is 17.9 Å². The van der Waals surface area contributed by atoms with Crippen molar-refractivity contribution in [3.63, 3.8) is 0 Å². The zero-order chi connectivity index (χ0) is 22.3. The van der Waals surface area contributed by atoms with Crippen molar-refractivity contribution < 1.29 is 23.9 Å². The average Bonchev–Trinajstić information content (AvgIpc) is 3.04. The Bertz CT molecular complexity index is 750. The first kappa shape index (κ1) is 24.8. The number of hydrogen-bond acceptors (Lipinski definition) is 5. The van der Waals surface area contributed by atoms with Crippen LogP contribution in [0.15, 0.2) is 30.4 Å². The van der Waals surface area contributed by atoms with E-state index in [4.69, 9.17) is 4.74 Å². The van der Waals surface area contributed by atoms with Crippen molar-refractivity contribution in [2.45, 2.75) is 96.8 Å². The van der Waals surface area contributed by atoms with E-state index in [0.29, 0.717) is 6.42 Å². The topological polar surface area (TPSA) is 69.7 Å². The van der Waals surface area contributed by atoms with Gasteiger partial charge in [-0.15, -0.1) is 0 Å². The van der Waals surface area contributed by atoms with Crippen LogP contribution in [0.5, 0.6) is 5.75 Å². The number of hydrogen-bond donors (Lipinski definition) is 0.